The van der Waals surface area contributed by atoms with Gasteiger partial charge >= 0.3 is 17.9 Å². The van der Waals surface area contributed by atoms with Crippen LogP contribution in [0, 0.1) is 6.92 Å². The van der Waals surface area contributed by atoms with Crippen molar-refractivity contribution in [1.29, 1.82) is 0 Å². The maximum atomic E-state index is 12.0. The van der Waals surface area contributed by atoms with Crippen molar-refractivity contribution in [3.63, 3.8) is 0 Å². The molecule has 1 N–H and O–H groups in total. The molecule has 8 nitrogen and oxygen atoms in total. The third-order valence-corrected chi connectivity index (χ3v) is 4.99. The van der Waals surface area contributed by atoms with Gasteiger partial charge in [-0.2, -0.15) is 0 Å². The predicted octanol–water partition coefficient (Wildman–Crippen LogP) is 1.21. The highest BCUT2D eigenvalue weighted by Crippen LogP contribution is 2.36. The Morgan fingerprint density at radius 2 is 1.59 bits per heavy atom. The van der Waals surface area contributed by atoms with Crippen molar-refractivity contribution in [2.45, 2.75) is 55.5 Å². The summed E-state index contributed by atoms with van der Waals surface area (Å²) in [4.78, 5) is 35.9. The highest BCUT2D eigenvalue weighted by molar-refractivity contribution is 7.99. The number of hydrogen-bond acceptors (Lipinski definition) is 9. The van der Waals surface area contributed by atoms with Crippen LogP contribution >= 0.6 is 11.8 Å². The van der Waals surface area contributed by atoms with Crippen molar-refractivity contribution < 1.29 is 38.4 Å². The molecule has 1 aliphatic heterocycles. The van der Waals surface area contributed by atoms with Crippen LogP contribution in [0.4, 0.5) is 0 Å². The average Bonchev–Trinajstić information content (AvgIpc) is 2.60. The number of esters is 3. The first kappa shape index (κ1) is 21.2. The highest BCUT2D eigenvalue weighted by atomic mass is 32.2. The van der Waals surface area contributed by atoms with E-state index in [2.05, 4.69) is 4.74 Å². The summed E-state index contributed by atoms with van der Waals surface area (Å²) in [5.41, 5.74) is 0.148. The first-order valence-corrected chi connectivity index (χ1v) is 9.10. The number of benzene rings is 1. The predicted molar refractivity (Wildman–Crippen MR) is 94.8 cm³/mol. The summed E-state index contributed by atoms with van der Waals surface area (Å²) in [7, 11) is 1.15. The summed E-state index contributed by atoms with van der Waals surface area (Å²) in [6, 6.07) is 7.46. The standard InChI is InChI=1S/C18H22O8S/c1-9-5-7-12(8-6-9)27-18-16(25-11(3)20)14(24-10(2)19)13(21)15(26-18)17(22)23-4/h5-8,13-16,18,21H,1-4H3/t13-,14-,15-,16+,18?/m0/s1. The van der Waals surface area contributed by atoms with E-state index in [-0.39, 0.29) is 0 Å². The van der Waals surface area contributed by atoms with Crippen molar-refractivity contribution in [2.24, 2.45) is 0 Å². The number of ether oxygens (including phenoxy) is 4. The van der Waals surface area contributed by atoms with E-state index in [0.29, 0.717) is 0 Å². The van der Waals surface area contributed by atoms with E-state index in [9.17, 15) is 19.5 Å². The normalized spacial score (nSPS) is 27.5. The lowest BCUT2D eigenvalue weighted by Gasteiger charge is -2.42. The van der Waals surface area contributed by atoms with Crippen molar-refractivity contribution in [3.8, 4) is 0 Å². The second-order valence-electron chi connectivity index (χ2n) is 6.02. The Morgan fingerprint density at radius 1 is 1.04 bits per heavy atom. The molecule has 1 unspecified atom stereocenters. The van der Waals surface area contributed by atoms with E-state index in [1.54, 1.807) is 0 Å². The molecule has 1 saturated heterocycles. The lowest BCUT2D eigenvalue weighted by molar-refractivity contribution is -0.228. The second-order valence-corrected chi connectivity index (χ2v) is 7.19. The lowest BCUT2D eigenvalue weighted by Crippen LogP contribution is -2.61. The van der Waals surface area contributed by atoms with Crippen molar-refractivity contribution in [1.82, 2.24) is 0 Å². The molecule has 0 amide bonds. The van der Waals surface area contributed by atoms with Gasteiger partial charge in [0.1, 0.15) is 11.5 Å². The third kappa shape index (κ3) is 5.44. The van der Waals surface area contributed by atoms with Crippen LogP contribution < -0.4 is 0 Å². The fourth-order valence-corrected chi connectivity index (χ4v) is 3.70. The van der Waals surface area contributed by atoms with E-state index < -0.39 is 47.8 Å². The van der Waals surface area contributed by atoms with Crippen LogP contribution in [0.1, 0.15) is 19.4 Å². The average molecular weight is 398 g/mol. The molecule has 0 bridgehead atoms. The van der Waals surface area contributed by atoms with E-state index in [0.717, 1.165) is 24.5 Å². The molecular formula is C18H22O8S. The number of carbonyl (C=O) groups excluding carboxylic acids is 3. The van der Waals surface area contributed by atoms with Crippen molar-refractivity contribution >= 4 is 29.7 Å². The first-order valence-electron chi connectivity index (χ1n) is 8.22. The summed E-state index contributed by atoms with van der Waals surface area (Å²) in [5.74, 6) is -2.16. The SMILES string of the molecule is COC(=O)[C@H]1OC(Sc2ccc(C)cc2)[C@H](OC(C)=O)[C@@H](OC(C)=O)[C@@H]1O. The molecule has 1 aliphatic rings. The molecule has 1 fully saturated rings. The van der Waals surface area contributed by atoms with E-state index >= 15 is 0 Å². The van der Waals surface area contributed by atoms with Crippen LogP contribution in [0.2, 0.25) is 0 Å². The Balaban J connectivity index is 2.36. The minimum Gasteiger partial charge on any atom is -0.467 e. The zero-order chi connectivity index (χ0) is 20.1. The molecule has 1 aromatic carbocycles. The van der Waals surface area contributed by atoms with E-state index in [1.807, 2.05) is 31.2 Å². The fraction of sp³-hybridized carbons (Fsp3) is 0.500. The van der Waals surface area contributed by atoms with Gasteiger partial charge in [0.15, 0.2) is 18.3 Å². The van der Waals surface area contributed by atoms with Crippen molar-refractivity contribution in [2.75, 3.05) is 7.11 Å². The van der Waals surface area contributed by atoms with Crippen LogP contribution in [0.25, 0.3) is 0 Å². The number of hydrogen-bond donors (Lipinski definition) is 1. The smallest absolute Gasteiger partial charge is 0.337 e. The molecule has 1 heterocycles. The Morgan fingerprint density at radius 3 is 2.11 bits per heavy atom. The molecule has 0 aromatic heterocycles. The number of aliphatic hydroxyl groups excluding tert-OH is 1. The Bertz CT molecular complexity index is 689. The van der Waals surface area contributed by atoms with Gasteiger partial charge in [0, 0.05) is 18.7 Å². The molecule has 148 valence electrons. The summed E-state index contributed by atoms with van der Waals surface area (Å²) in [6.45, 7) is 4.28. The maximum Gasteiger partial charge on any atom is 0.337 e. The largest absolute Gasteiger partial charge is 0.467 e. The zero-order valence-electron chi connectivity index (χ0n) is 15.4. The molecule has 0 aliphatic carbocycles. The highest BCUT2D eigenvalue weighted by Gasteiger charge is 2.52. The summed E-state index contributed by atoms with van der Waals surface area (Å²) < 4.78 is 20.8. The first-order chi connectivity index (χ1) is 12.7. The fourth-order valence-electron chi connectivity index (χ4n) is 2.62. The van der Waals surface area contributed by atoms with Crippen LogP contribution in [-0.2, 0) is 33.3 Å². The van der Waals surface area contributed by atoms with Crippen molar-refractivity contribution in [3.05, 3.63) is 29.8 Å². The zero-order valence-corrected chi connectivity index (χ0v) is 16.2. The molecular weight excluding hydrogens is 376 g/mol. The van der Waals surface area contributed by atoms with Gasteiger partial charge in [-0.05, 0) is 19.1 Å². The number of thioether (sulfide) groups is 1. The lowest BCUT2D eigenvalue weighted by atomic mass is 9.99. The molecule has 27 heavy (non-hydrogen) atoms. The molecule has 9 heteroatoms. The maximum absolute atomic E-state index is 12.0. The quantitative estimate of drug-likeness (QED) is 0.578. The van der Waals surface area contributed by atoms with E-state index in [4.69, 9.17) is 14.2 Å². The minimum absolute atomic E-state index is 0.640. The molecule has 0 spiro atoms. The summed E-state index contributed by atoms with van der Waals surface area (Å²) in [5, 5.41) is 10.5. The van der Waals surface area contributed by atoms with Crippen LogP contribution in [0.3, 0.4) is 0 Å². The Kier molecular flexibility index (Phi) is 7.23. The number of carbonyl (C=O) groups is 3. The minimum atomic E-state index is -1.56. The third-order valence-electron chi connectivity index (χ3n) is 3.83. The van der Waals surface area contributed by atoms with E-state index in [1.165, 1.54) is 18.7 Å². The topological polar surface area (TPSA) is 108 Å². The van der Waals surface area contributed by atoms with Gasteiger partial charge in [-0.1, -0.05) is 29.5 Å². The second kappa shape index (κ2) is 9.20. The van der Waals surface area contributed by atoms with Crippen LogP contribution in [0.15, 0.2) is 29.2 Å². The van der Waals surface area contributed by atoms with Gasteiger partial charge in [-0.25, -0.2) is 4.79 Å². The molecule has 0 saturated carbocycles. The van der Waals surface area contributed by atoms with Gasteiger partial charge in [0.25, 0.3) is 0 Å². The molecule has 5 atom stereocenters. The Hall–Kier alpha value is -2.10. The summed E-state index contributed by atoms with van der Waals surface area (Å²) in [6.07, 6.45) is -5.35. The number of aryl methyl sites for hydroxylation is 1. The number of aliphatic hydroxyl groups is 1. The molecule has 0 radical (unpaired) electrons. The molecule has 1 aromatic rings. The van der Waals surface area contributed by atoms with Gasteiger partial charge in [0.2, 0.25) is 0 Å². The van der Waals surface area contributed by atoms with Gasteiger partial charge in [-0.15, -0.1) is 0 Å². The van der Waals surface area contributed by atoms with Gasteiger partial charge < -0.3 is 24.1 Å². The number of methoxy groups -OCH3 is 1. The van der Waals surface area contributed by atoms with Crippen LogP contribution in [0.5, 0.6) is 0 Å². The summed E-state index contributed by atoms with van der Waals surface area (Å²) >= 11 is 1.18. The monoisotopic (exact) mass is 398 g/mol. The Labute approximate surface area is 161 Å². The number of rotatable bonds is 5. The van der Waals surface area contributed by atoms with Crippen LogP contribution in [-0.4, -0.2) is 60.0 Å². The van der Waals surface area contributed by atoms with Gasteiger partial charge in [-0.3, -0.25) is 9.59 Å². The van der Waals surface area contributed by atoms with Gasteiger partial charge in [0.05, 0.1) is 7.11 Å². The molecule has 2 rings (SSSR count).